The molecule has 2 N–H and O–H groups in total. The van der Waals surface area contributed by atoms with Gasteiger partial charge in [0.05, 0.1) is 26.1 Å². The van der Waals surface area contributed by atoms with Gasteiger partial charge < -0.3 is 10.2 Å². The predicted octanol–water partition coefficient (Wildman–Crippen LogP) is 2.13. The maximum atomic E-state index is 11.9. The molecule has 3 nitrogen and oxygen atoms in total. The lowest BCUT2D eigenvalue weighted by atomic mass is 10.2. The summed E-state index contributed by atoms with van der Waals surface area (Å²) in [6.45, 7) is 3.38. The molecule has 0 saturated carbocycles. The molecule has 0 aromatic heterocycles. The Labute approximate surface area is 119 Å². The molecule has 0 atom stereocenters. The second-order valence-electron chi connectivity index (χ2n) is 5.22. The van der Waals surface area contributed by atoms with E-state index in [1.165, 1.54) is 38.8 Å². The van der Waals surface area contributed by atoms with Crippen molar-refractivity contribution >= 4 is 23.2 Å². The first kappa shape index (κ1) is 14.4. The van der Waals surface area contributed by atoms with Gasteiger partial charge in [-0.15, -0.1) is 0 Å². The van der Waals surface area contributed by atoms with Gasteiger partial charge in [0.2, 0.25) is 5.91 Å². The number of anilines is 1. The molecule has 2 rings (SSSR count). The fourth-order valence-electron chi connectivity index (χ4n) is 2.53. The van der Waals surface area contributed by atoms with Crippen molar-refractivity contribution in [3.63, 3.8) is 0 Å². The largest absolute Gasteiger partial charge is 0.335 e. The normalized spacial score (nSPS) is 16.9. The van der Waals surface area contributed by atoms with Gasteiger partial charge in [-0.3, -0.25) is 4.79 Å². The van der Waals surface area contributed by atoms with E-state index in [-0.39, 0.29) is 5.91 Å². The number of hydrogen-bond donors (Lipinski definition) is 2. The lowest BCUT2D eigenvalue weighted by molar-refractivity contribution is -0.898. The van der Waals surface area contributed by atoms with E-state index in [2.05, 4.69) is 5.32 Å². The number of carbonyl (C=O) groups excluding carboxylic acids is 1. The minimum atomic E-state index is 0.0964. The zero-order valence-electron chi connectivity index (χ0n) is 11.3. The van der Waals surface area contributed by atoms with Crippen LogP contribution in [0.1, 0.15) is 32.1 Å². The standard InChI is InChI=1S/C15H21ClN2O/c16-13-5-7-14(8-6-13)17-15(19)9-12-18-10-3-1-2-4-11-18/h5-8H,1-4,9-12H2,(H,17,19)/p+1. The van der Waals surface area contributed by atoms with Crippen molar-refractivity contribution in [1.29, 1.82) is 0 Å². The highest BCUT2D eigenvalue weighted by molar-refractivity contribution is 6.30. The second kappa shape index (κ2) is 7.51. The molecule has 4 heteroatoms. The maximum Gasteiger partial charge on any atom is 0.230 e. The molecule has 0 spiro atoms. The van der Waals surface area contributed by atoms with Gasteiger partial charge in [-0.05, 0) is 49.9 Å². The first-order valence-electron chi connectivity index (χ1n) is 7.13. The first-order valence-corrected chi connectivity index (χ1v) is 7.51. The predicted molar refractivity (Wildman–Crippen MR) is 78.7 cm³/mol. The molecule has 1 heterocycles. The molecule has 1 aromatic rings. The highest BCUT2D eigenvalue weighted by atomic mass is 35.5. The smallest absolute Gasteiger partial charge is 0.230 e. The number of likely N-dealkylation sites (tertiary alicyclic amines) is 1. The third-order valence-electron chi connectivity index (χ3n) is 3.64. The first-order chi connectivity index (χ1) is 9.24. The zero-order chi connectivity index (χ0) is 13.5. The van der Waals surface area contributed by atoms with Crippen LogP contribution in [0.2, 0.25) is 5.02 Å². The van der Waals surface area contributed by atoms with E-state index in [1.807, 2.05) is 12.1 Å². The van der Waals surface area contributed by atoms with Gasteiger partial charge in [0.1, 0.15) is 0 Å². The van der Waals surface area contributed by atoms with Crippen LogP contribution in [0.4, 0.5) is 5.69 Å². The van der Waals surface area contributed by atoms with Crippen LogP contribution in [0, 0.1) is 0 Å². The molecular weight excluding hydrogens is 260 g/mol. The lowest BCUT2D eigenvalue weighted by Gasteiger charge is -2.16. The Morgan fingerprint density at radius 2 is 1.74 bits per heavy atom. The molecular formula is C15H22ClN2O+. The number of nitrogens with one attached hydrogen (secondary N) is 2. The van der Waals surface area contributed by atoms with E-state index in [9.17, 15) is 4.79 Å². The lowest BCUT2D eigenvalue weighted by Crippen LogP contribution is -3.12. The van der Waals surface area contributed by atoms with E-state index in [4.69, 9.17) is 11.6 Å². The average molecular weight is 282 g/mol. The number of carbonyl (C=O) groups is 1. The number of rotatable bonds is 4. The topological polar surface area (TPSA) is 33.5 Å². The quantitative estimate of drug-likeness (QED) is 0.871. The highest BCUT2D eigenvalue weighted by Gasteiger charge is 2.13. The molecule has 1 aromatic carbocycles. The minimum Gasteiger partial charge on any atom is -0.335 e. The van der Waals surface area contributed by atoms with E-state index in [0.29, 0.717) is 11.4 Å². The van der Waals surface area contributed by atoms with Crippen LogP contribution < -0.4 is 10.2 Å². The van der Waals surface area contributed by atoms with Gasteiger partial charge in [0.15, 0.2) is 0 Å². The fraction of sp³-hybridized carbons (Fsp3) is 0.533. The maximum absolute atomic E-state index is 11.9. The summed E-state index contributed by atoms with van der Waals surface area (Å²) in [6, 6.07) is 7.24. The summed E-state index contributed by atoms with van der Waals surface area (Å²) in [4.78, 5) is 13.4. The molecule has 19 heavy (non-hydrogen) atoms. The summed E-state index contributed by atoms with van der Waals surface area (Å²) in [5.74, 6) is 0.0964. The third kappa shape index (κ3) is 5.21. The third-order valence-corrected chi connectivity index (χ3v) is 3.90. The number of amides is 1. The van der Waals surface area contributed by atoms with Gasteiger partial charge in [-0.25, -0.2) is 0 Å². The molecule has 1 aliphatic heterocycles. The van der Waals surface area contributed by atoms with Crippen LogP contribution in [0.5, 0.6) is 0 Å². The van der Waals surface area contributed by atoms with Gasteiger partial charge in [0.25, 0.3) is 0 Å². The number of quaternary nitrogens is 1. The molecule has 0 unspecified atom stereocenters. The minimum absolute atomic E-state index is 0.0964. The van der Waals surface area contributed by atoms with Crippen molar-refractivity contribution in [1.82, 2.24) is 0 Å². The van der Waals surface area contributed by atoms with E-state index in [1.54, 1.807) is 17.0 Å². The van der Waals surface area contributed by atoms with Crippen molar-refractivity contribution in [2.75, 3.05) is 25.0 Å². The summed E-state index contributed by atoms with van der Waals surface area (Å²) in [6.07, 6.45) is 5.89. The Kier molecular flexibility index (Phi) is 5.67. The molecule has 0 radical (unpaired) electrons. The SMILES string of the molecule is O=C(CC[NH+]1CCCCCC1)Nc1ccc(Cl)cc1. The zero-order valence-corrected chi connectivity index (χ0v) is 12.0. The molecule has 1 saturated heterocycles. The van der Waals surface area contributed by atoms with Crippen molar-refractivity contribution in [2.24, 2.45) is 0 Å². The van der Waals surface area contributed by atoms with Gasteiger partial charge in [-0.2, -0.15) is 0 Å². The van der Waals surface area contributed by atoms with Crippen LogP contribution in [0.25, 0.3) is 0 Å². The summed E-state index contributed by atoms with van der Waals surface area (Å²) >= 11 is 5.81. The van der Waals surface area contributed by atoms with Crippen molar-refractivity contribution < 1.29 is 9.69 Å². The molecule has 1 fully saturated rings. The number of hydrogen-bond acceptors (Lipinski definition) is 1. The Morgan fingerprint density at radius 3 is 2.37 bits per heavy atom. The average Bonchev–Trinajstić information content (AvgIpc) is 2.68. The Bertz CT molecular complexity index is 397. The number of benzene rings is 1. The highest BCUT2D eigenvalue weighted by Crippen LogP contribution is 2.13. The van der Waals surface area contributed by atoms with Crippen LogP contribution in [-0.2, 0) is 4.79 Å². The van der Waals surface area contributed by atoms with Crippen LogP contribution in [0.3, 0.4) is 0 Å². The van der Waals surface area contributed by atoms with Crippen molar-refractivity contribution in [3.8, 4) is 0 Å². The van der Waals surface area contributed by atoms with Gasteiger partial charge in [-0.1, -0.05) is 11.6 Å². The van der Waals surface area contributed by atoms with Crippen LogP contribution >= 0.6 is 11.6 Å². The fourth-order valence-corrected chi connectivity index (χ4v) is 2.65. The Hall–Kier alpha value is -1.06. The number of halogens is 1. The van der Waals surface area contributed by atoms with Crippen molar-refractivity contribution in [2.45, 2.75) is 32.1 Å². The van der Waals surface area contributed by atoms with Crippen LogP contribution in [-0.4, -0.2) is 25.5 Å². The Balaban J connectivity index is 1.73. The van der Waals surface area contributed by atoms with E-state index >= 15 is 0 Å². The molecule has 0 bridgehead atoms. The summed E-state index contributed by atoms with van der Waals surface area (Å²) in [7, 11) is 0. The summed E-state index contributed by atoms with van der Waals surface area (Å²) < 4.78 is 0. The molecule has 1 amide bonds. The second-order valence-corrected chi connectivity index (χ2v) is 5.66. The van der Waals surface area contributed by atoms with Crippen LogP contribution in [0.15, 0.2) is 24.3 Å². The molecule has 0 aliphatic carbocycles. The summed E-state index contributed by atoms with van der Waals surface area (Å²) in [5, 5.41) is 3.60. The Morgan fingerprint density at radius 1 is 1.11 bits per heavy atom. The van der Waals surface area contributed by atoms with Gasteiger partial charge in [0, 0.05) is 10.7 Å². The monoisotopic (exact) mass is 281 g/mol. The molecule has 104 valence electrons. The van der Waals surface area contributed by atoms with E-state index < -0.39 is 0 Å². The summed E-state index contributed by atoms with van der Waals surface area (Å²) in [5.41, 5.74) is 0.820. The van der Waals surface area contributed by atoms with Gasteiger partial charge >= 0.3 is 0 Å². The molecule has 1 aliphatic rings. The van der Waals surface area contributed by atoms with E-state index in [0.717, 1.165) is 12.2 Å². The van der Waals surface area contributed by atoms with Crippen molar-refractivity contribution in [3.05, 3.63) is 29.3 Å².